The van der Waals surface area contributed by atoms with Crippen molar-refractivity contribution in [2.75, 3.05) is 0 Å². The Hall–Kier alpha value is -2.14. The number of hydrogen-bond donors (Lipinski definition) is 1. The summed E-state index contributed by atoms with van der Waals surface area (Å²) in [5, 5.41) is 0. The Morgan fingerprint density at radius 3 is 2.25 bits per heavy atom. The third-order valence-electron chi connectivity index (χ3n) is 2.72. The summed E-state index contributed by atoms with van der Waals surface area (Å²) in [5.41, 5.74) is 2.14. The third-order valence-corrected chi connectivity index (χ3v) is 4.21. The van der Waals surface area contributed by atoms with E-state index in [4.69, 9.17) is 0 Å². The lowest BCUT2D eigenvalue weighted by molar-refractivity contribution is -0.117. The molecule has 4 nitrogen and oxygen atoms in total. The lowest BCUT2D eigenvalue weighted by Gasteiger charge is -2.11. The molecule has 0 unspecified atom stereocenters. The van der Waals surface area contributed by atoms with Crippen molar-refractivity contribution in [1.29, 1.82) is 0 Å². The van der Waals surface area contributed by atoms with Crippen molar-refractivity contribution in [1.82, 2.24) is 4.72 Å². The SMILES string of the molecule is [CH2]c1ccc(-c2ccccc2S(=O)(=O)NC(C)=O)cc1. The van der Waals surface area contributed by atoms with Gasteiger partial charge >= 0.3 is 0 Å². The van der Waals surface area contributed by atoms with Crippen LogP contribution in [0, 0.1) is 6.92 Å². The zero-order valence-electron chi connectivity index (χ0n) is 11.0. The van der Waals surface area contributed by atoms with Crippen LogP contribution in [-0.2, 0) is 14.8 Å². The number of amides is 1. The van der Waals surface area contributed by atoms with Crippen molar-refractivity contribution in [2.45, 2.75) is 11.8 Å². The molecule has 1 amide bonds. The smallest absolute Gasteiger partial charge is 0.264 e. The molecule has 2 rings (SSSR count). The van der Waals surface area contributed by atoms with E-state index in [0.29, 0.717) is 5.56 Å². The number of carbonyl (C=O) groups excluding carboxylic acids is 1. The Kier molecular flexibility index (Phi) is 3.90. The van der Waals surface area contributed by atoms with Crippen molar-refractivity contribution >= 4 is 15.9 Å². The molecule has 0 aliphatic heterocycles. The molecular formula is C15H14NO3S. The quantitative estimate of drug-likeness (QED) is 0.943. The molecule has 1 radical (unpaired) electrons. The van der Waals surface area contributed by atoms with Crippen LogP contribution in [0.4, 0.5) is 0 Å². The van der Waals surface area contributed by atoms with E-state index in [2.05, 4.69) is 6.92 Å². The highest BCUT2D eigenvalue weighted by atomic mass is 32.2. The van der Waals surface area contributed by atoms with Crippen LogP contribution in [0.15, 0.2) is 53.4 Å². The van der Waals surface area contributed by atoms with Gasteiger partial charge in [0.25, 0.3) is 10.0 Å². The van der Waals surface area contributed by atoms with Crippen molar-refractivity contribution in [2.24, 2.45) is 0 Å². The lowest BCUT2D eigenvalue weighted by Crippen LogP contribution is -2.28. The number of benzene rings is 2. The topological polar surface area (TPSA) is 63.2 Å². The second-order valence-corrected chi connectivity index (χ2v) is 6.01. The van der Waals surface area contributed by atoms with E-state index in [1.54, 1.807) is 42.5 Å². The van der Waals surface area contributed by atoms with Crippen molar-refractivity contribution in [3.63, 3.8) is 0 Å². The van der Waals surface area contributed by atoms with E-state index in [-0.39, 0.29) is 4.90 Å². The van der Waals surface area contributed by atoms with E-state index in [0.717, 1.165) is 18.1 Å². The number of carbonyl (C=O) groups is 1. The van der Waals surface area contributed by atoms with Gasteiger partial charge in [0, 0.05) is 12.5 Å². The molecular weight excluding hydrogens is 274 g/mol. The molecule has 2 aromatic carbocycles. The molecule has 0 bridgehead atoms. The van der Waals surface area contributed by atoms with Gasteiger partial charge in [-0.1, -0.05) is 42.5 Å². The number of rotatable bonds is 3. The summed E-state index contributed by atoms with van der Waals surface area (Å²) in [6.07, 6.45) is 0. The molecule has 0 aliphatic carbocycles. The lowest BCUT2D eigenvalue weighted by atomic mass is 10.0. The molecule has 5 heteroatoms. The largest absolute Gasteiger partial charge is 0.274 e. The summed E-state index contributed by atoms with van der Waals surface area (Å²) in [6, 6.07) is 13.7. The van der Waals surface area contributed by atoms with Gasteiger partial charge in [0.1, 0.15) is 0 Å². The molecule has 20 heavy (non-hydrogen) atoms. The normalized spacial score (nSPS) is 11.1. The average Bonchev–Trinajstić information content (AvgIpc) is 2.38. The summed E-state index contributed by atoms with van der Waals surface area (Å²) in [6.45, 7) is 4.96. The van der Waals surface area contributed by atoms with Crippen LogP contribution >= 0.6 is 0 Å². The molecule has 0 saturated carbocycles. The van der Waals surface area contributed by atoms with Crippen LogP contribution in [0.1, 0.15) is 12.5 Å². The van der Waals surface area contributed by atoms with E-state index in [1.165, 1.54) is 6.07 Å². The van der Waals surface area contributed by atoms with Gasteiger partial charge < -0.3 is 0 Å². The minimum absolute atomic E-state index is 0.0759. The first-order valence-electron chi connectivity index (χ1n) is 5.95. The molecule has 0 atom stereocenters. The van der Waals surface area contributed by atoms with Crippen molar-refractivity contribution in [3.05, 3.63) is 61.0 Å². The van der Waals surface area contributed by atoms with E-state index in [1.807, 2.05) is 4.72 Å². The molecule has 0 aromatic heterocycles. The predicted molar refractivity (Wildman–Crippen MR) is 77.3 cm³/mol. The van der Waals surface area contributed by atoms with Gasteiger partial charge in [-0.2, -0.15) is 0 Å². The molecule has 103 valence electrons. The number of sulfonamides is 1. The van der Waals surface area contributed by atoms with Gasteiger partial charge in [-0.25, -0.2) is 13.1 Å². The van der Waals surface area contributed by atoms with Gasteiger partial charge in [-0.3, -0.25) is 4.79 Å². The maximum absolute atomic E-state index is 12.2. The Labute approximate surface area is 118 Å². The Bertz CT molecular complexity index is 734. The van der Waals surface area contributed by atoms with Gasteiger partial charge in [-0.05, 0) is 24.1 Å². The molecule has 2 aromatic rings. The Balaban J connectivity index is 2.57. The van der Waals surface area contributed by atoms with Crippen molar-refractivity contribution < 1.29 is 13.2 Å². The second kappa shape index (κ2) is 5.46. The fourth-order valence-corrected chi connectivity index (χ4v) is 3.09. The molecule has 0 fully saturated rings. The average molecular weight is 288 g/mol. The van der Waals surface area contributed by atoms with E-state index >= 15 is 0 Å². The van der Waals surface area contributed by atoms with Gasteiger partial charge in [0.2, 0.25) is 5.91 Å². The van der Waals surface area contributed by atoms with Gasteiger partial charge in [0.15, 0.2) is 0 Å². The maximum Gasteiger partial charge on any atom is 0.264 e. The van der Waals surface area contributed by atoms with Crippen LogP contribution in [-0.4, -0.2) is 14.3 Å². The highest BCUT2D eigenvalue weighted by Crippen LogP contribution is 2.27. The van der Waals surface area contributed by atoms with Crippen molar-refractivity contribution in [3.8, 4) is 11.1 Å². The van der Waals surface area contributed by atoms with Gasteiger partial charge in [0.05, 0.1) is 4.90 Å². The molecule has 0 spiro atoms. The monoisotopic (exact) mass is 288 g/mol. The van der Waals surface area contributed by atoms with E-state index < -0.39 is 15.9 Å². The number of hydrogen-bond acceptors (Lipinski definition) is 3. The highest BCUT2D eigenvalue weighted by Gasteiger charge is 2.19. The van der Waals surface area contributed by atoms with Crippen LogP contribution in [0.3, 0.4) is 0 Å². The zero-order chi connectivity index (χ0) is 14.8. The summed E-state index contributed by atoms with van der Waals surface area (Å²) in [4.78, 5) is 11.1. The first-order valence-corrected chi connectivity index (χ1v) is 7.43. The number of nitrogens with one attached hydrogen (secondary N) is 1. The van der Waals surface area contributed by atoms with Crippen LogP contribution in [0.2, 0.25) is 0 Å². The van der Waals surface area contributed by atoms with Gasteiger partial charge in [-0.15, -0.1) is 0 Å². The molecule has 1 N–H and O–H groups in total. The summed E-state index contributed by atoms with van der Waals surface area (Å²) >= 11 is 0. The van der Waals surface area contributed by atoms with Crippen LogP contribution in [0.25, 0.3) is 11.1 Å². The van der Waals surface area contributed by atoms with Crippen LogP contribution < -0.4 is 4.72 Å². The van der Waals surface area contributed by atoms with Crippen LogP contribution in [0.5, 0.6) is 0 Å². The standard InChI is InChI=1S/C15H14NO3S/c1-11-7-9-13(10-8-11)14-5-3-4-6-15(14)20(18,19)16-12(2)17/h3-10H,1H2,2H3,(H,16,17). The zero-order valence-corrected chi connectivity index (χ0v) is 11.8. The minimum Gasteiger partial charge on any atom is -0.274 e. The highest BCUT2D eigenvalue weighted by molar-refractivity contribution is 7.90. The summed E-state index contributed by atoms with van der Waals surface area (Å²) < 4.78 is 26.3. The second-order valence-electron chi connectivity index (χ2n) is 4.35. The first kappa shape index (κ1) is 14.3. The minimum atomic E-state index is -3.86. The fraction of sp³-hybridized carbons (Fsp3) is 0.0667. The van der Waals surface area contributed by atoms with E-state index in [9.17, 15) is 13.2 Å². The summed E-state index contributed by atoms with van der Waals surface area (Å²) in [5.74, 6) is -0.618. The maximum atomic E-state index is 12.2. The third kappa shape index (κ3) is 3.05. The molecule has 0 aliphatic rings. The fourth-order valence-electron chi connectivity index (χ4n) is 1.87. The predicted octanol–water partition coefficient (Wildman–Crippen LogP) is 2.36. The molecule has 0 heterocycles. The summed E-state index contributed by atoms with van der Waals surface area (Å²) in [7, 11) is -3.86. The Morgan fingerprint density at radius 2 is 1.65 bits per heavy atom. The first-order chi connectivity index (χ1) is 9.40. The molecule has 0 saturated heterocycles. The Morgan fingerprint density at radius 1 is 1.05 bits per heavy atom.